The highest BCUT2D eigenvalue weighted by molar-refractivity contribution is 5.97. The highest BCUT2D eigenvalue weighted by Crippen LogP contribution is 2.34. The van der Waals surface area contributed by atoms with Crippen LogP contribution in [0.4, 0.5) is 10.1 Å². The molecule has 0 radical (unpaired) electrons. The molecule has 7 aromatic rings. The second-order valence-corrected chi connectivity index (χ2v) is 12.0. The Morgan fingerprint density at radius 1 is 0.896 bits per heavy atom. The van der Waals surface area contributed by atoms with Crippen LogP contribution in [-0.2, 0) is 0 Å². The molecule has 4 aromatic heterocycles. The molecular weight excluding hydrogens is 607 g/mol. The Labute approximate surface area is 275 Å². The van der Waals surface area contributed by atoms with Crippen molar-refractivity contribution in [2.24, 2.45) is 0 Å². The summed E-state index contributed by atoms with van der Waals surface area (Å²) in [7, 11) is 0. The van der Waals surface area contributed by atoms with Crippen molar-refractivity contribution >= 4 is 27.6 Å². The van der Waals surface area contributed by atoms with E-state index in [-0.39, 0.29) is 0 Å². The number of aliphatic hydroxyl groups is 1. The quantitative estimate of drug-likeness (QED) is 0.118. The van der Waals surface area contributed by atoms with Crippen molar-refractivity contribution in [2.75, 3.05) is 31.6 Å². The summed E-state index contributed by atoms with van der Waals surface area (Å²) in [6.07, 6.45) is 6.70. The third-order valence-electron chi connectivity index (χ3n) is 8.70. The number of pyridine rings is 2. The molecule has 4 N–H and O–H groups in total. The van der Waals surface area contributed by atoms with E-state index in [4.69, 9.17) is 9.72 Å². The number of aliphatic hydroxyl groups excluding tert-OH is 1. The minimum atomic E-state index is -0.870. The molecule has 1 saturated heterocycles. The van der Waals surface area contributed by atoms with E-state index < -0.39 is 12.0 Å². The second kappa shape index (κ2) is 12.9. The molecule has 0 amide bonds. The summed E-state index contributed by atoms with van der Waals surface area (Å²) in [5.74, 6) is 0.626. The van der Waals surface area contributed by atoms with Gasteiger partial charge in [0.25, 0.3) is 0 Å². The number of likely N-dealkylation sites (tertiary alicyclic amines) is 1. The van der Waals surface area contributed by atoms with Gasteiger partial charge in [-0.2, -0.15) is 5.10 Å². The SMILES string of the molecule is OC(Nc1cncc(-c2ccc3[nH]nc(-c4nc5c(-c6cc(F)cc(OCCN7CCCC7)c6)nccc5[nH]4)c3c2)c1)c1ccccc1. The number of ether oxygens (including phenoxy) is 1. The maximum absolute atomic E-state index is 14.8. The average Bonchev–Trinajstić information content (AvgIpc) is 3.88. The predicted octanol–water partition coefficient (Wildman–Crippen LogP) is 6.95. The normalized spacial score (nSPS) is 14.1. The molecule has 3 aromatic carbocycles. The van der Waals surface area contributed by atoms with Crippen LogP contribution in [0, 0.1) is 5.82 Å². The Bertz CT molecular complexity index is 2210. The number of benzene rings is 3. The highest BCUT2D eigenvalue weighted by atomic mass is 19.1. The Morgan fingerprint density at radius 2 is 1.77 bits per heavy atom. The maximum atomic E-state index is 14.8. The first-order valence-electron chi connectivity index (χ1n) is 16.0. The number of aromatic amines is 2. The predicted molar refractivity (Wildman–Crippen MR) is 184 cm³/mol. The van der Waals surface area contributed by atoms with Gasteiger partial charge in [-0.3, -0.25) is 20.0 Å². The van der Waals surface area contributed by atoms with Crippen LogP contribution < -0.4 is 10.1 Å². The summed E-state index contributed by atoms with van der Waals surface area (Å²) < 4.78 is 20.8. The zero-order chi connectivity index (χ0) is 32.5. The number of fused-ring (bicyclic) bond motifs is 2. The van der Waals surface area contributed by atoms with Crippen molar-refractivity contribution in [2.45, 2.75) is 19.1 Å². The summed E-state index contributed by atoms with van der Waals surface area (Å²) in [6.45, 7) is 3.48. The molecule has 1 fully saturated rings. The van der Waals surface area contributed by atoms with Gasteiger partial charge < -0.3 is 20.1 Å². The molecule has 0 bridgehead atoms. The summed E-state index contributed by atoms with van der Waals surface area (Å²) in [4.78, 5) is 19.7. The molecule has 1 unspecified atom stereocenters. The fourth-order valence-electron chi connectivity index (χ4n) is 6.27. The van der Waals surface area contributed by atoms with Gasteiger partial charge in [0, 0.05) is 47.1 Å². The van der Waals surface area contributed by atoms with Crippen LogP contribution in [0.5, 0.6) is 5.75 Å². The molecule has 1 atom stereocenters. The molecular formula is C37H33FN8O2. The third-order valence-corrected chi connectivity index (χ3v) is 8.70. The number of anilines is 1. The Morgan fingerprint density at radius 3 is 2.65 bits per heavy atom. The zero-order valence-corrected chi connectivity index (χ0v) is 26.0. The molecule has 8 rings (SSSR count). The lowest BCUT2D eigenvalue weighted by Gasteiger charge is -2.15. The summed E-state index contributed by atoms with van der Waals surface area (Å²) in [5, 5.41) is 22.4. The Balaban J connectivity index is 1.08. The first-order valence-corrected chi connectivity index (χ1v) is 16.0. The summed E-state index contributed by atoms with van der Waals surface area (Å²) in [6, 6.07) is 23.9. The first-order chi connectivity index (χ1) is 23.6. The lowest BCUT2D eigenvalue weighted by atomic mass is 10.0. The molecule has 11 heteroatoms. The molecule has 48 heavy (non-hydrogen) atoms. The molecule has 0 aliphatic carbocycles. The van der Waals surface area contributed by atoms with Gasteiger partial charge in [-0.25, -0.2) is 9.37 Å². The van der Waals surface area contributed by atoms with Crippen LogP contribution in [0.25, 0.3) is 55.8 Å². The molecule has 240 valence electrons. The fourth-order valence-corrected chi connectivity index (χ4v) is 6.27. The number of hydrogen-bond acceptors (Lipinski definition) is 8. The average molecular weight is 641 g/mol. The maximum Gasteiger partial charge on any atom is 0.159 e. The number of rotatable bonds is 10. The van der Waals surface area contributed by atoms with E-state index >= 15 is 0 Å². The Hall–Kier alpha value is -5.65. The molecule has 0 saturated carbocycles. The molecule has 10 nitrogen and oxygen atoms in total. The number of aromatic nitrogens is 6. The standard InChI is InChI=1S/C37H33FN8O2/c38-27-16-25(18-29(20-27)48-15-14-46-12-4-5-13-46)33-35-32(10-11-40-33)42-36(43-35)34-30-19-24(8-9-31(30)44-45-34)26-17-28(22-39-21-26)41-37(47)23-6-2-1-3-7-23/h1-3,6-11,16-22,37,41,47H,4-5,12-15H2,(H,42,43)(H,44,45). The van der Waals surface area contributed by atoms with E-state index in [1.807, 2.05) is 66.7 Å². The largest absolute Gasteiger partial charge is 0.492 e. The lowest BCUT2D eigenvalue weighted by molar-refractivity contribution is 0.208. The van der Waals surface area contributed by atoms with E-state index in [9.17, 15) is 9.50 Å². The number of halogens is 1. The van der Waals surface area contributed by atoms with Gasteiger partial charge in [0.05, 0.1) is 28.6 Å². The molecule has 1 aliphatic heterocycles. The van der Waals surface area contributed by atoms with Crippen molar-refractivity contribution in [1.29, 1.82) is 0 Å². The smallest absolute Gasteiger partial charge is 0.159 e. The monoisotopic (exact) mass is 640 g/mol. The molecule has 5 heterocycles. The summed E-state index contributed by atoms with van der Waals surface area (Å²) in [5.41, 5.74) is 7.21. The number of nitrogens with one attached hydrogen (secondary N) is 3. The zero-order valence-electron chi connectivity index (χ0n) is 26.0. The van der Waals surface area contributed by atoms with E-state index in [2.05, 4.69) is 35.4 Å². The summed E-state index contributed by atoms with van der Waals surface area (Å²) >= 11 is 0. The number of nitrogens with zero attached hydrogens (tertiary/aromatic N) is 5. The van der Waals surface area contributed by atoms with Crippen LogP contribution in [0.3, 0.4) is 0 Å². The van der Waals surface area contributed by atoms with Crippen LogP contribution in [0.1, 0.15) is 24.6 Å². The van der Waals surface area contributed by atoms with Gasteiger partial charge in [0.15, 0.2) is 12.1 Å². The van der Waals surface area contributed by atoms with Gasteiger partial charge in [0.2, 0.25) is 0 Å². The topological polar surface area (TPSA) is 128 Å². The number of imidazole rings is 1. The van der Waals surface area contributed by atoms with E-state index in [0.29, 0.717) is 46.3 Å². The minimum absolute atomic E-state index is 0.396. The highest BCUT2D eigenvalue weighted by Gasteiger charge is 2.18. The van der Waals surface area contributed by atoms with Gasteiger partial charge in [-0.1, -0.05) is 36.4 Å². The molecule has 1 aliphatic rings. The number of hydrogen-bond donors (Lipinski definition) is 4. The second-order valence-electron chi connectivity index (χ2n) is 12.0. The van der Waals surface area contributed by atoms with E-state index in [0.717, 1.165) is 52.7 Å². The van der Waals surface area contributed by atoms with Crippen LogP contribution in [0.2, 0.25) is 0 Å². The van der Waals surface area contributed by atoms with Gasteiger partial charge in [0.1, 0.15) is 29.4 Å². The fraction of sp³-hybridized carbons (Fsp3) is 0.189. The van der Waals surface area contributed by atoms with Crippen molar-refractivity contribution in [3.63, 3.8) is 0 Å². The Kier molecular flexibility index (Phi) is 7.97. The van der Waals surface area contributed by atoms with Gasteiger partial charge in [-0.15, -0.1) is 0 Å². The van der Waals surface area contributed by atoms with E-state index in [1.54, 1.807) is 18.6 Å². The molecule has 0 spiro atoms. The van der Waals surface area contributed by atoms with E-state index in [1.165, 1.54) is 25.0 Å². The van der Waals surface area contributed by atoms with Gasteiger partial charge in [-0.05, 0) is 67.9 Å². The van der Waals surface area contributed by atoms with Crippen LogP contribution >= 0.6 is 0 Å². The van der Waals surface area contributed by atoms with Crippen LogP contribution in [0.15, 0.2) is 97.5 Å². The lowest BCUT2D eigenvalue weighted by Crippen LogP contribution is -2.25. The van der Waals surface area contributed by atoms with Crippen molar-refractivity contribution in [3.05, 3.63) is 109 Å². The number of H-pyrrole nitrogens is 2. The van der Waals surface area contributed by atoms with Crippen molar-refractivity contribution in [3.8, 4) is 39.7 Å². The van der Waals surface area contributed by atoms with Crippen molar-refractivity contribution in [1.82, 2.24) is 35.0 Å². The minimum Gasteiger partial charge on any atom is -0.492 e. The van der Waals surface area contributed by atoms with Crippen molar-refractivity contribution < 1.29 is 14.2 Å². The van der Waals surface area contributed by atoms with Crippen LogP contribution in [-0.4, -0.2) is 66.4 Å². The first kappa shape index (κ1) is 29.7. The van der Waals surface area contributed by atoms with Gasteiger partial charge >= 0.3 is 0 Å². The third kappa shape index (κ3) is 6.08.